The van der Waals surface area contributed by atoms with Gasteiger partial charge in [-0.15, -0.1) is 0 Å². The first kappa shape index (κ1) is 8.32. The van der Waals surface area contributed by atoms with Crippen molar-refractivity contribution in [2.24, 2.45) is 7.05 Å². The molecule has 1 aromatic rings. The van der Waals surface area contributed by atoms with Crippen molar-refractivity contribution in [3.05, 3.63) is 28.2 Å². The minimum atomic E-state index is -1.42. The van der Waals surface area contributed by atoms with Crippen molar-refractivity contribution in [2.45, 2.75) is 0 Å². The topological polar surface area (TPSA) is 79.5 Å². The largest absolute Gasteiger partial charge is 0.507 e. The molecule has 0 atom stereocenters. The summed E-state index contributed by atoms with van der Waals surface area (Å²) in [7, 11) is 1.41. The lowest BCUT2D eigenvalue weighted by Crippen LogP contribution is -2.23. The van der Waals surface area contributed by atoms with Gasteiger partial charge >= 0.3 is 5.97 Å². The third kappa shape index (κ3) is 1.16. The van der Waals surface area contributed by atoms with Crippen LogP contribution < -0.4 is 5.56 Å². The highest BCUT2D eigenvalue weighted by Gasteiger charge is 2.14. The minimum Gasteiger partial charge on any atom is -0.507 e. The van der Waals surface area contributed by atoms with E-state index in [4.69, 9.17) is 10.2 Å². The average molecular weight is 169 g/mol. The van der Waals surface area contributed by atoms with Crippen LogP contribution in [0.1, 0.15) is 10.4 Å². The lowest BCUT2D eigenvalue weighted by molar-refractivity contribution is 0.0691. The molecular formula is C7H7NO4. The van der Waals surface area contributed by atoms with Crippen molar-refractivity contribution in [3.8, 4) is 5.75 Å². The highest BCUT2D eigenvalue weighted by Crippen LogP contribution is 2.10. The normalized spacial score (nSPS) is 9.75. The number of aryl methyl sites for hydroxylation is 1. The Morgan fingerprint density at radius 2 is 2.17 bits per heavy atom. The maximum absolute atomic E-state index is 11.1. The zero-order valence-electron chi connectivity index (χ0n) is 6.31. The first-order valence-corrected chi connectivity index (χ1v) is 3.16. The maximum atomic E-state index is 11.1. The van der Waals surface area contributed by atoms with Crippen LogP contribution in [0.5, 0.6) is 5.75 Å². The Morgan fingerprint density at radius 1 is 1.58 bits per heavy atom. The summed E-state index contributed by atoms with van der Waals surface area (Å²) in [4.78, 5) is 21.5. The summed E-state index contributed by atoms with van der Waals surface area (Å²) in [5, 5.41) is 17.5. The fourth-order valence-electron chi connectivity index (χ4n) is 0.820. The summed E-state index contributed by atoms with van der Waals surface area (Å²) >= 11 is 0. The number of hydrogen-bond acceptors (Lipinski definition) is 3. The standard InChI is InChI=1S/C7H7NO4/c1-8-3-2-4(9)5(6(8)10)7(11)12/h2-3,9H,1H3,(H,11,12). The third-order valence-electron chi connectivity index (χ3n) is 1.46. The van der Waals surface area contributed by atoms with E-state index in [-0.39, 0.29) is 0 Å². The van der Waals surface area contributed by atoms with Crippen LogP contribution in [-0.2, 0) is 7.05 Å². The number of rotatable bonds is 1. The fourth-order valence-corrected chi connectivity index (χ4v) is 0.820. The van der Waals surface area contributed by atoms with Gasteiger partial charge in [-0.3, -0.25) is 4.79 Å². The Labute approximate surface area is 67.5 Å². The minimum absolute atomic E-state index is 0.509. The van der Waals surface area contributed by atoms with Crippen molar-refractivity contribution in [3.63, 3.8) is 0 Å². The molecule has 2 N–H and O–H groups in total. The quantitative estimate of drug-likeness (QED) is 0.609. The third-order valence-corrected chi connectivity index (χ3v) is 1.46. The highest BCUT2D eigenvalue weighted by atomic mass is 16.4. The van der Waals surface area contributed by atoms with Gasteiger partial charge in [0.15, 0.2) is 5.56 Å². The summed E-state index contributed by atoms with van der Waals surface area (Å²) in [5.74, 6) is -1.93. The molecule has 64 valence electrons. The number of pyridine rings is 1. The summed E-state index contributed by atoms with van der Waals surface area (Å²) in [6.45, 7) is 0. The number of carboxylic acids is 1. The van der Waals surface area contributed by atoms with Crippen molar-refractivity contribution < 1.29 is 15.0 Å². The molecule has 0 fully saturated rings. The van der Waals surface area contributed by atoms with Crippen LogP contribution >= 0.6 is 0 Å². The predicted molar refractivity (Wildman–Crippen MR) is 40.3 cm³/mol. The summed E-state index contributed by atoms with van der Waals surface area (Å²) in [6.07, 6.45) is 1.30. The van der Waals surface area contributed by atoms with Crippen LogP contribution in [0.3, 0.4) is 0 Å². The van der Waals surface area contributed by atoms with Gasteiger partial charge in [0, 0.05) is 13.2 Å². The molecule has 1 aromatic heterocycles. The molecule has 0 unspecified atom stereocenters. The zero-order chi connectivity index (χ0) is 9.30. The Hall–Kier alpha value is -1.78. The second kappa shape index (κ2) is 2.69. The van der Waals surface area contributed by atoms with Gasteiger partial charge in [-0.2, -0.15) is 0 Å². The molecule has 1 heterocycles. The van der Waals surface area contributed by atoms with Gasteiger partial charge in [-0.1, -0.05) is 0 Å². The number of aromatic carboxylic acids is 1. The van der Waals surface area contributed by atoms with Crippen LogP contribution in [0.15, 0.2) is 17.1 Å². The molecule has 5 nitrogen and oxygen atoms in total. The number of nitrogens with zero attached hydrogens (tertiary/aromatic N) is 1. The van der Waals surface area contributed by atoms with Crippen molar-refractivity contribution in [1.82, 2.24) is 4.57 Å². The lowest BCUT2D eigenvalue weighted by atomic mass is 10.2. The molecule has 0 aliphatic heterocycles. The lowest BCUT2D eigenvalue weighted by Gasteiger charge is -2.00. The number of carbonyl (C=O) groups is 1. The zero-order valence-corrected chi connectivity index (χ0v) is 6.31. The highest BCUT2D eigenvalue weighted by molar-refractivity contribution is 5.90. The number of carboxylic acid groups (broad SMARTS) is 1. The van der Waals surface area contributed by atoms with E-state index in [0.29, 0.717) is 0 Å². The molecule has 12 heavy (non-hydrogen) atoms. The van der Waals surface area contributed by atoms with Crippen molar-refractivity contribution in [1.29, 1.82) is 0 Å². The van der Waals surface area contributed by atoms with Gasteiger partial charge < -0.3 is 14.8 Å². The first-order valence-electron chi connectivity index (χ1n) is 3.16. The smallest absolute Gasteiger partial charge is 0.345 e. The SMILES string of the molecule is Cn1ccc(O)c(C(=O)O)c1=O. The molecule has 0 amide bonds. The van der Waals surface area contributed by atoms with Crippen LogP contribution in [0.25, 0.3) is 0 Å². The summed E-state index contributed by atoms with van der Waals surface area (Å²) in [5.41, 5.74) is -1.32. The Balaban J connectivity index is 3.55. The molecule has 0 aliphatic carbocycles. The first-order chi connectivity index (χ1) is 5.54. The molecule has 1 rings (SSSR count). The van der Waals surface area contributed by atoms with E-state index in [0.717, 1.165) is 10.6 Å². The fraction of sp³-hybridized carbons (Fsp3) is 0.143. The molecule has 0 saturated carbocycles. The van der Waals surface area contributed by atoms with Crippen LogP contribution in [-0.4, -0.2) is 20.7 Å². The Morgan fingerprint density at radius 3 is 2.58 bits per heavy atom. The van der Waals surface area contributed by atoms with Gasteiger partial charge in [-0.25, -0.2) is 4.79 Å². The molecule has 0 spiro atoms. The van der Waals surface area contributed by atoms with Crippen LogP contribution in [0, 0.1) is 0 Å². The van der Waals surface area contributed by atoms with Crippen molar-refractivity contribution >= 4 is 5.97 Å². The molecule has 0 aliphatic rings. The summed E-state index contributed by atoms with van der Waals surface area (Å²) in [6, 6.07) is 1.16. The maximum Gasteiger partial charge on any atom is 0.345 e. The van der Waals surface area contributed by atoms with Gasteiger partial charge in [0.25, 0.3) is 5.56 Å². The molecular weight excluding hydrogens is 162 g/mol. The van der Waals surface area contributed by atoms with Crippen molar-refractivity contribution in [2.75, 3.05) is 0 Å². The van der Waals surface area contributed by atoms with E-state index in [1.165, 1.54) is 13.2 Å². The van der Waals surface area contributed by atoms with Crippen LogP contribution in [0.4, 0.5) is 0 Å². The summed E-state index contributed by atoms with van der Waals surface area (Å²) < 4.78 is 1.09. The molecule has 5 heteroatoms. The van der Waals surface area contributed by atoms with E-state index in [9.17, 15) is 9.59 Å². The van der Waals surface area contributed by atoms with E-state index >= 15 is 0 Å². The van der Waals surface area contributed by atoms with Crippen LogP contribution in [0.2, 0.25) is 0 Å². The number of aromatic hydroxyl groups is 1. The Bertz CT molecular complexity index is 379. The monoisotopic (exact) mass is 169 g/mol. The second-order valence-corrected chi connectivity index (χ2v) is 2.30. The second-order valence-electron chi connectivity index (χ2n) is 2.30. The Kier molecular flexibility index (Phi) is 1.86. The van der Waals surface area contributed by atoms with Gasteiger partial charge in [0.1, 0.15) is 5.75 Å². The van der Waals surface area contributed by atoms with Gasteiger partial charge in [-0.05, 0) is 6.07 Å². The van der Waals surface area contributed by atoms with E-state index in [1.807, 2.05) is 0 Å². The number of aromatic nitrogens is 1. The van der Waals surface area contributed by atoms with E-state index in [2.05, 4.69) is 0 Å². The average Bonchev–Trinajstić information content (AvgIpc) is 1.97. The molecule has 0 aromatic carbocycles. The molecule has 0 bridgehead atoms. The van der Waals surface area contributed by atoms with Gasteiger partial charge in [0.05, 0.1) is 0 Å². The number of hydrogen-bond donors (Lipinski definition) is 2. The molecule has 0 radical (unpaired) electrons. The van der Waals surface area contributed by atoms with E-state index in [1.54, 1.807) is 0 Å². The molecule has 0 saturated heterocycles. The van der Waals surface area contributed by atoms with Gasteiger partial charge in [0.2, 0.25) is 0 Å². The predicted octanol–water partition coefficient (Wildman–Crippen LogP) is -0.211. The van der Waals surface area contributed by atoms with E-state index < -0.39 is 22.8 Å².